The molecule has 2 aromatic carbocycles. The van der Waals surface area contributed by atoms with Crippen LogP contribution in [0.3, 0.4) is 0 Å². The van der Waals surface area contributed by atoms with E-state index >= 15 is 0 Å². The van der Waals surface area contributed by atoms with E-state index < -0.39 is 23.8 Å². The highest BCUT2D eigenvalue weighted by molar-refractivity contribution is 5.84. The second-order valence-corrected chi connectivity index (χ2v) is 6.04. The number of esters is 2. The maximum absolute atomic E-state index is 12.5. The van der Waals surface area contributed by atoms with Crippen molar-refractivity contribution < 1.29 is 19.1 Å². The molecule has 1 heterocycles. The van der Waals surface area contributed by atoms with Crippen molar-refractivity contribution in [2.45, 2.75) is 12.1 Å². The number of methoxy groups -OCH3 is 2. The molecule has 0 radical (unpaired) electrons. The molecule has 3 rings (SSSR count). The van der Waals surface area contributed by atoms with Gasteiger partial charge in [0.15, 0.2) is 0 Å². The average molecular weight is 339 g/mol. The minimum absolute atomic E-state index is 0.331. The van der Waals surface area contributed by atoms with Crippen molar-refractivity contribution in [3.63, 3.8) is 0 Å². The third-order valence-electron chi connectivity index (χ3n) is 4.73. The maximum atomic E-state index is 12.5. The zero-order valence-corrected chi connectivity index (χ0v) is 14.2. The van der Waals surface area contributed by atoms with E-state index in [4.69, 9.17) is 9.47 Å². The van der Waals surface area contributed by atoms with Gasteiger partial charge in [-0.1, -0.05) is 60.7 Å². The third kappa shape index (κ3) is 3.28. The van der Waals surface area contributed by atoms with Crippen molar-refractivity contribution in [3.05, 3.63) is 71.8 Å². The van der Waals surface area contributed by atoms with E-state index in [0.717, 1.165) is 11.1 Å². The molecular formula is C20H21NO4. The smallest absolute Gasteiger partial charge is 0.311 e. The summed E-state index contributed by atoms with van der Waals surface area (Å²) in [5.41, 5.74) is 1.87. The third-order valence-corrected chi connectivity index (χ3v) is 4.73. The summed E-state index contributed by atoms with van der Waals surface area (Å²) >= 11 is 0. The van der Waals surface area contributed by atoms with Gasteiger partial charge in [0.25, 0.3) is 0 Å². The number of benzene rings is 2. The maximum Gasteiger partial charge on any atom is 0.311 e. The van der Waals surface area contributed by atoms with Crippen molar-refractivity contribution in [1.82, 2.24) is 5.32 Å². The highest BCUT2D eigenvalue weighted by Crippen LogP contribution is 2.45. The van der Waals surface area contributed by atoms with Crippen LogP contribution in [0.5, 0.6) is 0 Å². The highest BCUT2D eigenvalue weighted by atomic mass is 16.5. The lowest BCUT2D eigenvalue weighted by atomic mass is 9.82. The molecule has 0 aliphatic carbocycles. The van der Waals surface area contributed by atoms with Crippen LogP contribution >= 0.6 is 0 Å². The SMILES string of the molecule is COC(=O)[C@@H]1[C@@H](C(=O)OC)[C@@H](c2ccccc2)N[C@@H]1c1ccccc1. The first-order chi connectivity index (χ1) is 12.2. The number of carbonyl (C=O) groups excluding carboxylic acids is 2. The lowest BCUT2D eigenvalue weighted by Gasteiger charge is -2.21. The molecule has 0 aromatic heterocycles. The predicted octanol–water partition coefficient (Wildman–Crippen LogP) is 2.65. The normalized spacial score (nSPS) is 25.4. The van der Waals surface area contributed by atoms with Gasteiger partial charge in [-0.3, -0.25) is 9.59 Å². The topological polar surface area (TPSA) is 64.6 Å². The van der Waals surface area contributed by atoms with E-state index in [0.29, 0.717) is 0 Å². The van der Waals surface area contributed by atoms with Crippen molar-refractivity contribution in [1.29, 1.82) is 0 Å². The number of rotatable bonds is 4. The van der Waals surface area contributed by atoms with E-state index in [-0.39, 0.29) is 12.1 Å². The number of hydrogen-bond donors (Lipinski definition) is 1. The number of carbonyl (C=O) groups is 2. The van der Waals surface area contributed by atoms with Crippen molar-refractivity contribution in [2.24, 2.45) is 11.8 Å². The summed E-state index contributed by atoms with van der Waals surface area (Å²) in [5.74, 6) is -2.17. The summed E-state index contributed by atoms with van der Waals surface area (Å²) in [6.45, 7) is 0. The minimum Gasteiger partial charge on any atom is -0.469 e. The van der Waals surface area contributed by atoms with Crippen LogP contribution in [0.25, 0.3) is 0 Å². The van der Waals surface area contributed by atoms with Crippen molar-refractivity contribution >= 4 is 11.9 Å². The van der Waals surface area contributed by atoms with Crippen LogP contribution in [0.15, 0.2) is 60.7 Å². The van der Waals surface area contributed by atoms with E-state index in [9.17, 15) is 9.59 Å². The summed E-state index contributed by atoms with van der Waals surface area (Å²) in [6, 6.07) is 18.6. The van der Waals surface area contributed by atoms with Crippen LogP contribution in [-0.2, 0) is 19.1 Å². The summed E-state index contributed by atoms with van der Waals surface area (Å²) in [6.07, 6.45) is 0. The van der Waals surface area contributed by atoms with Crippen molar-refractivity contribution in [3.8, 4) is 0 Å². The molecule has 25 heavy (non-hydrogen) atoms. The summed E-state index contributed by atoms with van der Waals surface area (Å²) in [7, 11) is 2.68. The molecule has 5 heteroatoms. The van der Waals surface area contributed by atoms with Crippen LogP contribution in [0.2, 0.25) is 0 Å². The highest BCUT2D eigenvalue weighted by Gasteiger charge is 2.52. The van der Waals surface area contributed by atoms with Crippen LogP contribution < -0.4 is 5.32 Å². The Morgan fingerprint density at radius 1 is 0.720 bits per heavy atom. The quantitative estimate of drug-likeness (QED) is 0.868. The Morgan fingerprint density at radius 2 is 1.08 bits per heavy atom. The van der Waals surface area contributed by atoms with E-state index in [1.807, 2.05) is 60.7 Å². The Balaban J connectivity index is 2.07. The van der Waals surface area contributed by atoms with Gasteiger partial charge >= 0.3 is 11.9 Å². The molecule has 1 fully saturated rings. The fourth-order valence-corrected chi connectivity index (χ4v) is 3.58. The van der Waals surface area contributed by atoms with E-state index in [1.54, 1.807) is 0 Å². The molecule has 1 saturated heterocycles. The van der Waals surface area contributed by atoms with Crippen molar-refractivity contribution in [2.75, 3.05) is 14.2 Å². The Labute approximate surface area is 147 Å². The first-order valence-electron chi connectivity index (χ1n) is 8.19. The molecule has 1 aliphatic rings. The van der Waals surface area contributed by atoms with Crippen LogP contribution in [0.1, 0.15) is 23.2 Å². The lowest BCUT2D eigenvalue weighted by Crippen LogP contribution is -2.32. The second kappa shape index (κ2) is 7.49. The average Bonchev–Trinajstić information content (AvgIpc) is 3.08. The Kier molecular flexibility index (Phi) is 5.14. The fraction of sp³-hybridized carbons (Fsp3) is 0.300. The van der Waals surface area contributed by atoms with Gasteiger partial charge in [-0.05, 0) is 11.1 Å². The molecule has 5 nitrogen and oxygen atoms in total. The lowest BCUT2D eigenvalue weighted by molar-refractivity contribution is -0.157. The predicted molar refractivity (Wildman–Crippen MR) is 92.5 cm³/mol. The fourth-order valence-electron chi connectivity index (χ4n) is 3.58. The molecule has 1 aliphatic heterocycles. The van der Waals surface area contributed by atoms with E-state index in [1.165, 1.54) is 14.2 Å². The van der Waals surface area contributed by atoms with Crippen LogP contribution in [-0.4, -0.2) is 26.2 Å². The molecule has 130 valence electrons. The zero-order chi connectivity index (χ0) is 17.8. The van der Waals surface area contributed by atoms with Gasteiger partial charge in [0.1, 0.15) is 0 Å². The first kappa shape index (κ1) is 17.2. The molecule has 1 N–H and O–H groups in total. The summed E-state index contributed by atoms with van der Waals surface area (Å²) < 4.78 is 10.0. The van der Waals surface area contributed by atoms with Gasteiger partial charge in [0.2, 0.25) is 0 Å². The van der Waals surface area contributed by atoms with Gasteiger partial charge in [-0.2, -0.15) is 0 Å². The summed E-state index contributed by atoms with van der Waals surface area (Å²) in [4.78, 5) is 25.1. The van der Waals surface area contributed by atoms with Gasteiger partial charge < -0.3 is 14.8 Å². The van der Waals surface area contributed by atoms with Crippen LogP contribution in [0.4, 0.5) is 0 Å². The van der Waals surface area contributed by atoms with Gasteiger partial charge in [-0.25, -0.2) is 0 Å². The molecule has 0 unspecified atom stereocenters. The minimum atomic E-state index is -0.662. The monoisotopic (exact) mass is 339 g/mol. The molecule has 0 amide bonds. The Hall–Kier alpha value is -2.66. The Bertz CT molecular complexity index is 668. The summed E-state index contributed by atoms with van der Waals surface area (Å²) in [5, 5.41) is 3.45. The Morgan fingerprint density at radius 3 is 1.40 bits per heavy atom. The molecule has 2 aromatic rings. The molecular weight excluding hydrogens is 318 g/mol. The number of hydrogen-bond acceptors (Lipinski definition) is 5. The first-order valence-corrected chi connectivity index (χ1v) is 8.19. The molecule has 0 spiro atoms. The van der Waals surface area contributed by atoms with E-state index in [2.05, 4.69) is 5.32 Å². The van der Waals surface area contributed by atoms with Gasteiger partial charge in [0, 0.05) is 12.1 Å². The largest absolute Gasteiger partial charge is 0.469 e. The number of nitrogens with one attached hydrogen (secondary N) is 1. The molecule has 0 saturated carbocycles. The molecule has 0 bridgehead atoms. The van der Waals surface area contributed by atoms with Gasteiger partial charge in [0.05, 0.1) is 26.1 Å². The molecule has 4 atom stereocenters. The number of ether oxygens (including phenoxy) is 2. The second-order valence-electron chi connectivity index (χ2n) is 6.04. The van der Waals surface area contributed by atoms with Crippen LogP contribution in [0, 0.1) is 11.8 Å². The standard InChI is InChI=1S/C20H21NO4/c1-24-19(22)15-16(20(23)25-2)18(14-11-7-4-8-12-14)21-17(15)13-9-5-3-6-10-13/h3-12,15-18,21H,1-2H3/t15-,16-,17-,18-/m1/s1. The van der Waals surface area contributed by atoms with Gasteiger partial charge in [-0.15, -0.1) is 0 Å². The zero-order valence-electron chi connectivity index (χ0n) is 14.2.